The Hall–Kier alpha value is -1.81. The van der Waals surface area contributed by atoms with Crippen molar-refractivity contribution in [2.45, 2.75) is 52.4 Å². The first-order chi connectivity index (χ1) is 14.4. The number of unbranched alkanes of at least 4 members (excludes halogenated alkanes) is 2. The second-order valence-electron chi connectivity index (χ2n) is 7.72. The fraction of sp³-hybridized carbons (Fsp3) is 0.500. The van der Waals surface area contributed by atoms with Crippen molar-refractivity contribution >= 4 is 7.60 Å². The molecule has 0 aliphatic heterocycles. The average molecular weight is 435 g/mol. The molecule has 1 unspecified atom stereocenters. The van der Waals surface area contributed by atoms with Crippen LogP contribution < -0.4 is 9.47 Å². The van der Waals surface area contributed by atoms with Gasteiger partial charge in [-0.25, -0.2) is 0 Å². The van der Waals surface area contributed by atoms with Gasteiger partial charge >= 0.3 is 7.60 Å². The molecule has 0 aromatic heterocycles. The van der Waals surface area contributed by atoms with Gasteiger partial charge in [0.05, 0.1) is 13.2 Å². The minimum absolute atomic E-state index is 0.0904. The van der Waals surface area contributed by atoms with Crippen LogP contribution in [0, 0.1) is 5.92 Å². The molecular formula is C24H35O5P. The SMILES string of the molecule is CCCCC(CC)COc1ccc(-c2ccc(OCCCCP(=O)(O)O)cc2)cc1. The van der Waals surface area contributed by atoms with E-state index in [-0.39, 0.29) is 6.16 Å². The highest BCUT2D eigenvalue weighted by molar-refractivity contribution is 7.51. The summed E-state index contributed by atoms with van der Waals surface area (Å²) in [6, 6.07) is 16.0. The molecule has 6 heteroatoms. The van der Waals surface area contributed by atoms with E-state index < -0.39 is 7.60 Å². The largest absolute Gasteiger partial charge is 0.494 e. The lowest BCUT2D eigenvalue weighted by molar-refractivity contribution is 0.233. The summed E-state index contributed by atoms with van der Waals surface area (Å²) >= 11 is 0. The molecule has 2 N–H and O–H groups in total. The molecule has 0 aliphatic rings. The molecule has 2 rings (SSSR count). The number of ether oxygens (including phenoxy) is 2. The van der Waals surface area contributed by atoms with E-state index in [4.69, 9.17) is 19.3 Å². The van der Waals surface area contributed by atoms with E-state index in [2.05, 4.69) is 26.0 Å². The molecule has 0 fully saturated rings. The van der Waals surface area contributed by atoms with E-state index in [1.165, 1.54) is 19.3 Å². The van der Waals surface area contributed by atoms with Crippen LogP contribution >= 0.6 is 7.60 Å². The first-order valence-electron chi connectivity index (χ1n) is 10.9. The van der Waals surface area contributed by atoms with E-state index in [0.29, 0.717) is 25.4 Å². The highest BCUT2D eigenvalue weighted by Gasteiger charge is 2.11. The van der Waals surface area contributed by atoms with Crippen LogP contribution in [0.3, 0.4) is 0 Å². The normalized spacial score (nSPS) is 12.5. The van der Waals surface area contributed by atoms with E-state index >= 15 is 0 Å². The molecule has 0 saturated heterocycles. The summed E-state index contributed by atoms with van der Waals surface area (Å²) in [4.78, 5) is 17.7. The maximum Gasteiger partial charge on any atom is 0.325 e. The fourth-order valence-electron chi connectivity index (χ4n) is 3.21. The summed E-state index contributed by atoms with van der Waals surface area (Å²) < 4.78 is 22.5. The molecule has 0 radical (unpaired) electrons. The van der Waals surface area contributed by atoms with E-state index in [0.717, 1.165) is 35.7 Å². The zero-order valence-corrected chi connectivity index (χ0v) is 19.0. The Morgan fingerprint density at radius 2 is 1.40 bits per heavy atom. The molecule has 0 amide bonds. The maximum atomic E-state index is 10.8. The van der Waals surface area contributed by atoms with Gasteiger partial charge in [-0.05, 0) is 60.6 Å². The van der Waals surface area contributed by atoms with Crippen LogP contribution in [0.1, 0.15) is 52.4 Å². The molecule has 0 aliphatic carbocycles. The molecular weight excluding hydrogens is 399 g/mol. The van der Waals surface area contributed by atoms with Crippen molar-refractivity contribution in [1.29, 1.82) is 0 Å². The Morgan fingerprint density at radius 1 is 0.833 bits per heavy atom. The van der Waals surface area contributed by atoms with E-state index in [1.54, 1.807) is 0 Å². The number of benzene rings is 2. The van der Waals surface area contributed by atoms with Gasteiger partial charge in [-0.15, -0.1) is 0 Å². The Bertz CT molecular complexity index is 767. The lowest BCUT2D eigenvalue weighted by atomic mass is 10.0. The maximum absolute atomic E-state index is 10.8. The Morgan fingerprint density at radius 3 is 1.90 bits per heavy atom. The predicted octanol–water partition coefficient (Wildman–Crippen LogP) is 6.29. The molecule has 0 spiro atoms. The molecule has 166 valence electrons. The van der Waals surface area contributed by atoms with Crippen molar-refractivity contribution < 1.29 is 23.8 Å². The van der Waals surface area contributed by atoms with Crippen LogP contribution in [0.5, 0.6) is 11.5 Å². The topological polar surface area (TPSA) is 76.0 Å². The fourth-order valence-corrected chi connectivity index (χ4v) is 3.84. The average Bonchev–Trinajstić information content (AvgIpc) is 2.74. The van der Waals surface area contributed by atoms with E-state index in [9.17, 15) is 4.57 Å². The minimum Gasteiger partial charge on any atom is -0.494 e. The van der Waals surface area contributed by atoms with Crippen LogP contribution in [0.2, 0.25) is 0 Å². The molecule has 2 aromatic carbocycles. The Kier molecular flexibility index (Phi) is 10.4. The lowest BCUT2D eigenvalue weighted by Gasteiger charge is -2.15. The minimum atomic E-state index is -3.90. The third-order valence-electron chi connectivity index (χ3n) is 5.18. The third kappa shape index (κ3) is 9.34. The highest BCUT2D eigenvalue weighted by Crippen LogP contribution is 2.35. The van der Waals surface area contributed by atoms with Gasteiger partial charge < -0.3 is 19.3 Å². The molecule has 0 heterocycles. The predicted molar refractivity (Wildman–Crippen MR) is 122 cm³/mol. The molecule has 1 atom stereocenters. The van der Waals surface area contributed by atoms with Crippen LogP contribution in [0.15, 0.2) is 48.5 Å². The second-order valence-corrected chi connectivity index (χ2v) is 9.50. The summed E-state index contributed by atoms with van der Waals surface area (Å²) in [7, 11) is -3.90. The molecule has 5 nitrogen and oxygen atoms in total. The Labute approximate surface area is 180 Å². The van der Waals surface area contributed by atoms with Gasteiger partial charge in [0.1, 0.15) is 11.5 Å². The smallest absolute Gasteiger partial charge is 0.325 e. The van der Waals surface area contributed by atoms with Crippen LogP contribution in [0.4, 0.5) is 0 Å². The standard InChI is InChI=1S/C24H35O5P/c1-3-5-8-20(4-2)19-29-24-15-11-22(12-16-24)21-9-13-23(14-10-21)28-17-6-7-18-30(25,26)27/h9-16,20H,3-8,17-19H2,1-2H3,(H2,25,26,27). The summed E-state index contributed by atoms with van der Waals surface area (Å²) in [5.74, 6) is 2.28. The van der Waals surface area contributed by atoms with Gasteiger partial charge in [-0.2, -0.15) is 0 Å². The van der Waals surface area contributed by atoms with Crippen molar-refractivity contribution in [2.75, 3.05) is 19.4 Å². The van der Waals surface area contributed by atoms with Gasteiger partial charge in [0.25, 0.3) is 0 Å². The highest BCUT2D eigenvalue weighted by atomic mass is 31.2. The zero-order valence-electron chi connectivity index (χ0n) is 18.1. The number of hydrogen-bond acceptors (Lipinski definition) is 3. The zero-order chi connectivity index (χ0) is 21.8. The van der Waals surface area contributed by atoms with Gasteiger partial charge in [-0.3, -0.25) is 4.57 Å². The monoisotopic (exact) mass is 434 g/mol. The number of hydrogen-bond donors (Lipinski definition) is 2. The number of rotatable bonds is 14. The van der Waals surface area contributed by atoms with Crippen molar-refractivity contribution in [3.05, 3.63) is 48.5 Å². The second kappa shape index (κ2) is 12.8. The molecule has 30 heavy (non-hydrogen) atoms. The first-order valence-corrected chi connectivity index (χ1v) is 12.7. The summed E-state index contributed by atoms with van der Waals surface area (Å²) in [5, 5.41) is 0. The Balaban J connectivity index is 1.80. The van der Waals surface area contributed by atoms with Gasteiger partial charge in [0.2, 0.25) is 0 Å². The lowest BCUT2D eigenvalue weighted by Crippen LogP contribution is -2.11. The van der Waals surface area contributed by atoms with Crippen molar-refractivity contribution in [2.24, 2.45) is 5.92 Å². The van der Waals surface area contributed by atoms with Crippen molar-refractivity contribution in [1.82, 2.24) is 0 Å². The third-order valence-corrected chi connectivity index (χ3v) is 6.08. The summed E-state index contributed by atoms with van der Waals surface area (Å²) in [6.07, 6.45) is 5.84. The van der Waals surface area contributed by atoms with Gasteiger partial charge in [0, 0.05) is 6.16 Å². The van der Waals surface area contributed by atoms with Crippen LogP contribution in [-0.4, -0.2) is 29.2 Å². The summed E-state index contributed by atoms with van der Waals surface area (Å²) in [6.45, 7) is 5.67. The molecule has 2 aromatic rings. The van der Waals surface area contributed by atoms with Crippen LogP contribution in [-0.2, 0) is 4.57 Å². The molecule has 0 saturated carbocycles. The van der Waals surface area contributed by atoms with Crippen LogP contribution in [0.25, 0.3) is 11.1 Å². The summed E-state index contributed by atoms with van der Waals surface area (Å²) in [5.41, 5.74) is 2.22. The molecule has 0 bridgehead atoms. The van der Waals surface area contributed by atoms with Crippen molar-refractivity contribution in [3.8, 4) is 22.6 Å². The van der Waals surface area contributed by atoms with Crippen molar-refractivity contribution in [3.63, 3.8) is 0 Å². The van der Waals surface area contributed by atoms with Gasteiger partial charge in [0.15, 0.2) is 0 Å². The van der Waals surface area contributed by atoms with E-state index in [1.807, 2.05) is 36.4 Å². The quantitative estimate of drug-likeness (QED) is 0.270. The van der Waals surface area contributed by atoms with Gasteiger partial charge in [-0.1, -0.05) is 57.4 Å². The first kappa shape index (κ1) is 24.5.